The summed E-state index contributed by atoms with van der Waals surface area (Å²) in [6.45, 7) is 4.48. The van der Waals surface area contributed by atoms with Gasteiger partial charge in [-0.15, -0.1) is 0 Å². The van der Waals surface area contributed by atoms with E-state index < -0.39 is 26.4 Å². The first kappa shape index (κ1) is 24.8. The Morgan fingerprint density at radius 3 is 2.43 bits per heavy atom. The number of carbonyl (C=O) groups is 1. The average Bonchev–Trinajstić information content (AvgIpc) is 3.11. The molecule has 0 N–H and O–H groups in total. The molecule has 0 spiro atoms. The van der Waals surface area contributed by atoms with Crippen LogP contribution in [0.25, 0.3) is 22.3 Å². The van der Waals surface area contributed by atoms with E-state index in [0.717, 1.165) is 12.3 Å². The minimum atomic E-state index is -3.95. The second kappa shape index (κ2) is 9.36. The summed E-state index contributed by atoms with van der Waals surface area (Å²) in [7, 11) is -2.42. The number of sulfone groups is 1. The van der Waals surface area contributed by atoms with Crippen molar-refractivity contribution in [3.8, 4) is 17.1 Å². The number of likely N-dealkylation sites (tertiary alicyclic amines) is 1. The van der Waals surface area contributed by atoms with E-state index in [2.05, 4.69) is 15.1 Å². The van der Waals surface area contributed by atoms with Crippen molar-refractivity contribution in [1.29, 1.82) is 0 Å². The van der Waals surface area contributed by atoms with Crippen LogP contribution >= 0.6 is 0 Å². The third kappa shape index (κ3) is 5.04. The van der Waals surface area contributed by atoms with Crippen molar-refractivity contribution in [3.05, 3.63) is 30.1 Å². The summed E-state index contributed by atoms with van der Waals surface area (Å²) in [6, 6.07) is 1.46. The van der Waals surface area contributed by atoms with E-state index in [-0.39, 0.29) is 46.5 Å². The van der Waals surface area contributed by atoms with Crippen LogP contribution in [-0.2, 0) is 21.6 Å². The highest BCUT2D eigenvalue weighted by Gasteiger charge is 2.28. The third-order valence-corrected chi connectivity index (χ3v) is 6.69. The standard InChI is InChI=1S/C22H25F2N5O5S/c1-12(2)33-22(30)29-7-5-13(6-8-29)34-21-19-18(25-11-26-21)20(28(3)27-19)14-9-16(24)17(10-15(14)23)35(4,31)32/h9-13H,5-8H2,1-4H3. The maximum Gasteiger partial charge on any atom is 0.410 e. The predicted molar refractivity (Wildman–Crippen MR) is 122 cm³/mol. The number of benzene rings is 1. The second-order valence-electron chi connectivity index (χ2n) is 8.62. The largest absolute Gasteiger partial charge is 0.473 e. The van der Waals surface area contributed by atoms with Gasteiger partial charge in [-0.05, 0) is 26.0 Å². The van der Waals surface area contributed by atoms with Crippen molar-refractivity contribution < 1.29 is 31.5 Å². The Morgan fingerprint density at radius 2 is 1.80 bits per heavy atom. The van der Waals surface area contributed by atoms with Crippen molar-refractivity contribution in [3.63, 3.8) is 0 Å². The fourth-order valence-corrected chi connectivity index (χ4v) is 4.68. The third-order valence-electron chi connectivity index (χ3n) is 5.58. The summed E-state index contributed by atoms with van der Waals surface area (Å²) >= 11 is 0. The molecule has 1 saturated heterocycles. The van der Waals surface area contributed by atoms with Gasteiger partial charge in [-0.3, -0.25) is 4.68 Å². The second-order valence-corrected chi connectivity index (χ2v) is 10.6. The van der Waals surface area contributed by atoms with Crippen molar-refractivity contribution in [2.75, 3.05) is 19.3 Å². The molecule has 1 fully saturated rings. The first-order valence-corrected chi connectivity index (χ1v) is 12.8. The van der Waals surface area contributed by atoms with Crippen LogP contribution in [0.2, 0.25) is 0 Å². The SMILES string of the molecule is CC(C)OC(=O)N1CCC(Oc2ncnc3c(-c4cc(F)c(S(C)(=O)=O)cc4F)n(C)nc23)CC1. The smallest absolute Gasteiger partial charge is 0.410 e. The number of halogens is 2. The molecule has 188 valence electrons. The van der Waals surface area contributed by atoms with Crippen LogP contribution in [0, 0.1) is 11.6 Å². The lowest BCUT2D eigenvalue weighted by Gasteiger charge is -2.31. The molecule has 0 atom stereocenters. The average molecular weight is 510 g/mol. The Morgan fingerprint density at radius 1 is 1.11 bits per heavy atom. The number of hydrogen-bond donors (Lipinski definition) is 0. The van der Waals surface area contributed by atoms with Gasteiger partial charge < -0.3 is 14.4 Å². The first-order chi connectivity index (χ1) is 16.5. The van der Waals surface area contributed by atoms with Crippen LogP contribution in [0.3, 0.4) is 0 Å². The van der Waals surface area contributed by atoms with Gasteiger partial charge in [0.2, 0.25) is 5.88 Å². The molecule has 0 radical (unpaired) electrons. The van der Waals surface area contributed by atoms with Gasteiger partial charge in [-0.2, -0.15) is 10.1 Å². The number of carbonyl (C=O) groups excluding carboxylic acids is 1. The molecule has 0 saturated carbocycles. The minimum absolute atomic E-state index is 0.148. The monoisotopic (exact) mass is 509 g/mol. The molecule has 2 aromatic heterocycles. The van der Waals surface area contributed by atoms with E-state index in [9.17, 15) is 22.0 Å². The molecular formula is C22H25F2N5O5S. The molecule has 1 aromatic carbocycles. The number of aryl methyl sites for hydroxylation is 1. The van der Waals surface area contributed by atoms with Crippen LogP contribution in [-0.4, -0.2) is 70.7 Å². The lowest BCUT2D eigenvalue weighted by atomic mass is 10.1. The number of ether oxygens (including phenoxy) is 2. The summed E-state index contributed by atoms with van der Waals surface area (Å²) < 4.78 is 65.5. The Balaban J connectivity index is 1.61. The highest BCUT2D eigenvalue weighted by Crippen LogP contribution is 2.34. The normalized spacial score (nSPS) is 15.1. The van der Waals surface area contributed by atoms with Crippen molar-refractivity contribution >= 4 is 27.0 Å². The van der Waals surface area contributed by atoms with Gasteiger partial charge in [0.05, 0.1) is 11.8 Å². The number of hydrogen-bond acceptors (Lipinski definition) is 8. The first-order valence-electron chi connectivity index (χ1n) is 10.9. The molecule has 3 heterocycles. The van der Waals surface area contributed by atoms with Gasteiger partial charge in [-0.25, -0.2) is 27.0 Å². The highest BCUT2D eigenvalue weighted by atomic mass is 32.2. The van der Waals surface area contributed by atoms with Crippen LogP contribution in [0.15, 0.2) is 23.4 Å². The van der Waals surface area contributed by atoms with Crippen molar-refractivity contribution in [2.45, 2.75) is 43.8 Å². The van der Waals surface area contributed by atoms with Gasteiger partial charge in [-0.1, -0.05) is 0 Å². The number of amides is 1. The quantitative estimate of drug-likeness (QED) is 0.515. The molecule has 35 heavy (non-hydrogen) atoms. The predicted octanol–water partition coefficient (Wildman–Crippen LogP) is 3.10. The maximum atomic E-state index is 14.9. The molecule has 0 aliphatic carbocycles. The van der Waals surface area contributed by atoms with Crippen molar-refractivity contribution in [1.82, 2.24) is 24.6 Å². The fraction of sp³-hybridized carbons (Fsp3) is 0.455. The minimum Gasteiger partial charge on any atom is -0.473 e. The van der Waals surface area contributed by atoms with E-state index in [1.807, 2.05) is 0 Å². The fourth-order valence-electron chi connectivity index (χ4n) is 3.95. The molecule has 13 heteroatoms. The number of fused-ring (bicyclic) bond motifs is 1. The molecule has 1 amide bonds. The van der Waals surface area contributed by atoms with Crippen molar-refractivity contribution in [2.24, 2.45) is 7.05 Å². The van der Waals surface area contributed by atoms with Crippen LogP contribution in [0.1, 0.15) is 26.7 Å². The molecule has 0 unspecified atom stereocenters. The van der Waals surface area contributed by atoms with Gasteiger partial charge >= 0.3 is 6.09 Å². The Kier molecular flexibility index (Phi) is 6.62. The number of nitrogens with zero attached hydrogens (tertiary/aromatic N) is 5. The van der Waals surface area contributed by atoms with E-state index in [1.165, 1.54) is 18.1 Å². The molecule has 1 aliphatic heterocycles. The number of aromatic nitrogens is 4. The molecule has 10 nitrogen and oxygen atoms in total. The van der Waals surface area contributed by atoms with Crippen LogP contribution in [0.4, 0.5) is 13.6 Å². The van der Waals surface area contributed by atoms with Crippen LogP contribution in [0.5, 0.6) is 5.88 Å². The van der Waals surface area contributed by atoms with Gasteiger partial charge in [0, 0.05) is 44.8 Å². The van der Waals surface area contributed by atoms with Gasteiger partial charge in [0.1, 0.15) is 34.5 Å². The summed E-state index contributed by atoms with van der Waals surface area (Å²) in [5.41, 5.74) is 0.427. The lowest BCUT2D eigenvalue weighted by molar-refractivity contribution is 0.0510. The van der Waals surface area contributed by atoms with E-state index in [1.54, 1.807) is 18.7 Å². The summed E-state index contributed by atoms with van der Waals surface area (Å²) in [6.07, 6.45) is 2.31. The Hall–Kier alpha value is -3.35. The topological polar surface area (TPSA) is 117 Å². The summed E-state index contributed by atoms with van der Waals surface area (Å²) in [4.78, 5) is 21.3. The van der Waals surface area contributed by atoms with E-state index in [0.29, 0.717) is 32.0 Å². The van der Waals surface area contributed by atoms with E-state index in [4.69, 9.17) is 9.47 Å². The molecule has 1 aliphatic rings. The van der Waals surface area contributed by atoms with Gasteiger partial charge in [0.15, 0.2) is 15.4 Å². The molecular weight excluding hydrogens is 484 g/mol. The maximum absolute atomic E-state index is 14.9. The number of piperidine rings is 1. The molecule has 4 rings (SSSR count). The zero-order valence-corrected chi connectivity index (χ0v) is 20.5. The summed E-state index contributed by atoms with van der Waals surface area (Å²) in [5.74, 6) is -1.83. The molecule has 0 bridgehead atoms. The Labute approximate surface area is 200 Å². The zero-order chi connectivity index (χ0) is 25.5. The molecule has 3 aromatic rings. The summed E-state index contributed by atoms with van der Waals surface area (Å²) in [5, 5.41) is 4.35. The van der Waals surface area contributed by atoms with Gasteiger partial charge in [0.25, 0.3) is 0 Å². The van der Waals surface area contributed by atoms with E-state index >= 15 is 0 Å². The Bertz CT molecular complexity index is 1380. The van der Waals surface area contributed by atoms with Crippen LogP contribution < -0.4 is 4.74 Å². The lowest BCUT2D eigenvalue weighted by Crippen LogP contribution is -2.42. The highest BCUT2D eigenvalue weighted by molar-refractivity contribution is 7.90. The zero-order valence-electron chi connectivity index (χ0n) is 19.7. The number of rotatable bonds is 5.